The molecule has 3 amide bonds. The third-order valence-electron chi connectivity index (χ3n) is 3.47. The molecule has 1 heterocycles. The van der Waals surface area contributed by atoms with Gasteiger partial charge in [0.15, 0.2) is 0 Å². The van der Waals surface area contributed by atoms with E-state index in [0.717, 1.165) is 0 Å². The molecular weight excluding hydrogens is 355 g/mol. The van der Waals surface area contributed by atoms with Gasteiger partial charge in [0.25, 0.3) is 5.91 Å². The van der Waals surface area contributed by atoms with Crippen LogP contribution in [0, 0.1) is 5.82 Å². The van der Waals surface area contributed by atoms with Crippen molar-refractivity contribution in [1.82, 2.24) is 15.2 Å². The van der Waals surface area contributed by atoms with Crippen LogP contribution in [0.25, 0.3) is 0 Å². The minimum atomic E-state index is -0.417. The Bertz CT molecular complexity index is 776. The van der Waals surface area contributed by atoms with Crippen LogP contribution in [0.1, 0.15) is 43.2 Å². The van der Waals surface area contributed by atoms with Crippen LogP contribution in [-0.4, -0.2) is 33.9 Å². The van der Waals surface area contributed by atoms with Gasteiger partial charge in [0.1, 0.15) is 16.5 Å². The summed E-state index contributed by atoms with van der Waals surface area (Å²) in [7, 11) is 0. The van der Waals surface area contributed by atoms with E-state index in [9.17, 15) is 14.0 Å². The highest BCUT2D eigenvalue weighted by molar-refractivity contribution is 7.09. The molecule has 2 rings (SSSR count). The second kappa shape index (κ2) is 8.75. The molecule has 2 N–H and O–H groups in total. The Morgan fingerprint density at radius 2 is 2.00 bits per heavy atom. The van der Waals surface area contributed by atoms with Crippen molar-refractivity contribution in [1.29, 1.82) is 0 Å². The Balaban J connectivity index is 2.07. The number of hydrogen-bond donors (Lipinski definition) is 2. The lowest BCUT2D eigenvalue weighted by atomic mass is 10.3. The Kier molecular flexibility index (Phi) is 6.68. The summed E-state index contributed by atoms with van der Waals surface area (Å²) in [5.41, 5.74) is 0.727. The Morgan fingerprint density at radius 1 is 1.27 bits per heavy atom. The Morgan fingerprint density at radius 3 is 2.62 bits per heavy atom. The van der Waals surface area contributed by atoms with Gasteiger partial charge in [-0.25, -0.2) is 14.2 Å². The standard InChI is InChI=1S/C18H23FN4O2S/c1-11(2)20-17(24)15-10-26-16(22-15)9-23(12(3)4)18(25)21-14-7-5-6-13(19)8-14/h5-8,10-12H,9H2,1-4H3,(H,20,24)(H,21,25). The zero-order chi connectivity index (χ0) is 19.3. The average molecular weight is 378 g/mol. The first-order valence-corrected chi connectivity index (χ1v) is 9.22. The van der Waals surface area contributed by atoms with E-state index in [4.69, 9.17) is 0 Å². The summed E-state index contributed by atoms with van der Waals surface area (Å²) in [6.07, 6.45) is 0. The van der Waals surface area contributed by atoms with Crippen molar-refractivity contribution >= 4 is 29.0 Å². The molecule has 0 atom stereocenters. The lowest BCUT2D eigenvalue weighted by Gasteiger charge is -2.26. The molecule has 0 radical (unpaired) electrons. The largest absolute Gasteiger partial charge is 0.349 e. The van der Waals surface area contributed by atoms with Crippen LogP contribution in [0.15, 0.2) is 29.6 Å². The van der Waals surface area contributed by atoms with Gasteiger partial charge in [-0.15, -0.1) is 11.3 Å². The monoisotopic (exact) mass is 378 g/mol. The molecule has 1 aromatic carbocycles. The van der Waals surface area contributed by atoms with Crippen LogP contribution >= 0.6 is 11.3 Å². The molecule has 140 valence electrons. The zero-order valence-electron chi connectivity index (χ0n) is 15.2. The van der Waals surface area contributed by atoms with E-state index in [2.05, 4.69) is 15.6 Å². The van der Waals surface area contributed by atoms with Crippen LogP contribution in [0.5, 0.6) is 0 Å². The second-order valence-electron chi connectivity index (χ2n) is 6.42. The molecule has 0 spiro atoms. The predicted octanol–water partition coefficient (Wildman–Crippen LogP) is 3.86. The fourth-order valence-corrected chi connectivity index (χ4v) is 2.99. The van der Waals surface area contributed by atoms with Gasteiger partial charge in [0, 0.05) is 23.2 Å². The van der Waals surface area contributed by atoms with Crippen molar-refractivity contribution in [2.45, 2.75) is 46.3 Å². The molecule has 8 heteroatoms. The molecule has 0 aliphatic rings. The molecule has 1 aromatic heterocycles. The Labute approximate surface area is 156 Å². The summed E-state index contributed by atoms with van der Waals surface area (Å²) < 4.78 is 13.3. The normalized spacial score (nSPS) is 10.9. The summed E-state index contributed by atoms with van der Waals surface area (Å²) >= 11 is 1.32. The molecule has 2 aromatic rings. The maximum Gasteiger partial charge on any atom is 0.322 e. The fourth-order valence-electron chi connectivity index (χ4n) is 2.22. The quantitative estimate of drug-likeness (QED) is 0.801. The highest BCUT2D eigenvalue weighted by Gasteiger charge is 2.20. The van der Waals surface area contributed by atoms with E-state index in [1.807, 2.05) is 27.7 Å². The van der Waals surface area contributed by atoms with Crippen molar-refractivity contribution in [3.05, 3.63) is 46.2 Å². The van der Waals surface area contributed by atoms with Crippen LogP contribution in [0.4, 0.5) is 14.9 Å². The maximum atomic E-state index is 13.3. The van der Waals surface area contributed by atoms with Gasteiger partial charge in [0.05, 0.1) is 6.54 Å². The SMILES string of the molecule is CC(C)NC(=O)c1csc(CN(C(=O)Nc2cccc(F)c2)C(C)C)n1. The number of aromatic nitrogens is 1. The number of carbonyl (C=O) groups is 2. The third kappa shape index (κ3) is 5.52. The van der Waals surface area contributed by atoms with Gasteiger partial charge in [-0.05, 0) is 45.9 Å². The van der Waals surface area contributed by atoms with Gasteiger partial charge in [-0.2, -0.15) is 0 Å². The minimum absolute atomic E-state index is 0.0249. The molecule has 0 bridgehead atoms. The molecule has 0 saturated heterocycles. The molecule has 0 saturated carbocycles. The smallest absolute Gasteiger partial charge is 0.322 e. The highest BCUT2D eigenvalue weighted by atomic mass is 32.1. The van der Waals surface area contributed by atoms with Crippen molar-refractivity contribution < 1.29 is 14.0 Å². The summed E-state index contributed by atoms with van der Waals surface area (Å²) in [5.74, 6) is -0.651. The van der Waals surface area contributed by atoms with Crippen LogP contribution in [-0.2, 0) is 6.54 Å². The Hall–Kier alpha value is -2.48. The molecule has 0 unspecified atom stereocenters. The van der Waals surface area contributed by atoms with E-state index in [0.29, 0.717) is 16.4 Å². The van der Waals surface area contributed by atoms with Crippen molar-refractivity contribution in [3.63, 3.8) is 0 Å². The number of halogens is 1. The molecule has 0 aliphatic heterocycles. The van der Waals surface area contributed by atoms with Gasteiger partial charge >= 0.3 is 6.03 Å². The van der Waals surface area contributed by atoms with Gasteiger partial charge in [0.2, 0.25) is 0 Å². The van der Waals surface area contributed by atoms with Gasteiger partial charge < -0.3 is 15.5 Å². The van der Waals surface area contributed by atoms with Crippen molar-refractivity contribution in [3.8, 4) is 0 Å². The van der Waals surface area contributed by atoms with Crippen molar-refractivity contribution in [2.24, 2.45) is 0 Å². The van der Waals surface area contributed by atoms with E-state index < -0.39 is 5.82 Å². The molecule has 6 nitrogen and oxygen atoms in total. The zero-order valence-corrected chi connectivity index (χ0v) is 16.1. The molecular formula is C18H23FN4O2S. The van der Waals surface area contributed by atoms with E-state index in [1.54, 1.807) is 16.3 Å². The summed E-state index contributed by atoms with van der Waals surface area (Å²) in [5, 5.41) is 7.80. The summed E-state index contributed by atoms with van der Waals surface area (Å²) in [6.45, 7) is 7.78. The number of amides is 3. The van der Waals surface area contributed by atoms with E-state index in [-0.39, 0.29) is 30.6 Å². The second-order valence-corrected chi connectivity index (χ2v) is 7.36. The number of anilines is 1. The third-order valence-corrected chi connectivity index (χ3v) is 4.30. The molecule has 26 heavy (non-hydrogen) atoms. The number of rotatable bonds is 6. The number of benzene rings is 1. The molecule has 0 aliphatic carbocycles. The molecule has 0 fully saturated rings. The minimum Gasteiger partial charge on any atom is -0.349 e. The first-order valence-electron chi connectivity index (χ1n) is 8.34. The average Bonchev–Trinajstić information content (AvgIpc) is 3.00. The fraction of sp³-hybridized carbons (Fsp3) is 0.389. The van der Waals surface area contributed by atoms with Crippen molar-refractivity contribution in [2.75, 3.05) is 5.32 Å². The lowest BCUT2D eigenvalue weighted by molar-refractivity contribution is 0.0938. The first-order chi connectivity index (χ1) is 12.3. The number of thiazole rings is 1. The van der Waals surface area contributed by atoms with Crippen LogP contribution in [0.3, 0.4) is 0 Å². The number of carbonyl (C=O) groups excluding carboxylic acids is 2. The van der Waals surface area contributed by atoms with Gasteiger partial charge in [-0.1, -0.05) is 6.07 Å². The summed E-state index contributed by atoms with van der Waals surface area (Å²) in [4.78, 5) is 30.4. The van der Waals surface area contributed by atoms with E-state index in [1.165, 1.54) is 29.5 Å². The lowest BCUT2D eigenvalue weighted by Crippen LogP contribution is -2.39. The number of nitrogens with one attached hydrogen (secondary N) is 2. The predicted molar refractivity (Wildman–Crippen MR) is 101 cm³/mol. The van der Waals surface area contributed by atoms with Crippen LogP contribution in [0.2, 0.25) is 0 Å². The first kappa shape index (κ1) is 19.8. The van der Waals surface area contributed by atoms with Gasteiger partial charge in [-0.3, -0.25) is 4.79 Å². The summed E-state index contributed by atoms with van der Waals surface area (Å²) in [6, 6.07) is 5.30. The number of nitrogens with zero attached hydrogens (tertiary/aromatic N) is 2. The van der Waals surface area contributed by atoms with Crippen LogP contribution < -0.4 is 10.6 Å². The maximum absolute atomic E-state index is 13.3. The van der Waals surface area contributed by atoms with E-state index >= 15 is 0 Å². The number of hydrogen-bond acceptors (Lipinski definition) is 4. The highest BCUT2D eigenvalue weighted by Crippen LogP contribution is 2.17. The topological polar surface area (TPSA) is 74.3 Å². The number of urea groups is 1.